The molecule has 6 heteroatoms. The summed E-state index contributed by atoms with van der Waals surface area (Å²) in [6.07, 6.45) is 3.77. The van der Waals surface area contributed by atoms with Gasteiger partial charge in [-0.25, -0.2) is 9.97 Å². The van der Waals surface area contributed by atoms with Crippen molar-refractivity contribution in [2.45, 2.75) is 32.2 Å². The summed E-state index contributed by atoms with van der Waals surface area (Å²) in [5.41, 5.74) is 7.24. The van der Waals surface area contributed by atoms with Crippen LogP contribution in [0.5, 0.6) is 0 Å². The van der Waals surface area contributed by atoms with E-state index in [0.717, 1.165) is 45.5 Å². The largest absolute Gasteiger partial charge is 0.383 e. The van der Waals surface area contributed by atoms with Gasteiger partial charge in [0.05, 0.1) is 5.69 Å². The molecule has 1 aliphatic rings. The number of carbonyl (C=O) groups is 1. The van der Waals surface area contributed by atoms with Crippen molar-refractivity contribution in [1.29, 1.82) is 0 Å². The zero-order valence-electron chi connectivity index (χ0n) is 20.3. The molecule has 1 atom stereocenters. The van der Waals surface area contributed by atoms with Gasteiger partial charge < -0.3 is 10.2 Å². The number of amides is 1. The highest BCUT2D eigenvalue weighted by molar-refractivity contribution is 9.10. The van der Waals surface area contributed by atoms with E-state index in [9.17, 15) is 4.79 Å². The lowest BCUT2D eigenvalue weighted by Crippen LogP contribution is -2.34. The Hall–Kier alpha value is -3.51. The summed E-state index contributed by atoms with van der Waals surface area (Å²) in [6, 6.07) is 26.1. The number of benzene rings is 3. The van der Waals surface area contributed by atoms with Gasteiger partial charge in [0.15, 0.2) is 0 Å². The number of aromatic nitrogens is 2. The molecule has 1 aromatic heterocycles. The number of hydrogen-bond donors (Lipinski definition) is 1. The first-order valence-corrected chi connectivity index (χ1v) is 13.1. The summed E-state index contributed by atoms with van der Waals surface area (Å²) >= 11 is 3.49. The van der Waals surface area contributed by atoms with Crippen LogP contribution in [0.25, 0.3) is 11.3 Å². The maximum atomic E-state index is 13.6. The fourth-order valence-electron chi connectivity index (χ4n) is 4.78. The molecule has 5 rings (SSSR count). The predicted molar refractivity (Wildman–Crippen MR) is 148 cm³/mol. The van der Waals surface area contributed by atoms with Gasteiger partial charge in [-0.05, 0) is 60.7 Å². The molecule has 0 aliphatic heterocycles. The Morgan fingerprint density at radius 2 is 1.75 bits per heavy atom. The molecule has 1 aliphatic carbocycles. The van der Waals surface area contributed by atoms with Crippen molar-refractivity contribution in [3.05, 3.63) is 112 Å². The van der Waals surface area contributed by atoms with Gasteiger partial charge in [0.1, 0.15) is 6.33 Å². The summed E-state index contributed by atoms with van der Waals surface area (Å²) in [4.78, 5) is 24.6. The summed E-state index contributed by atoms with van der Waals surface area (Å²) in [6.45, 7) is 4.03. The quantitative estimate of drug-likeness (QED) is 0.269. The number of nitrogens with one attached hydrogen (secondary N) is 1. The molecule has 4 aromatic rings. The van der Waals surface area contributed by atoms with Crippen molar-refractivity contribution >= 4 is 27.5 Å². The van der Waals surface area contributed by atoms with Crippen LogP contribution >= 0.6 is 15.9 Å². The molecule has 1 heterocycles. The maximum Gasteiger partial charge on any atom is 0.254 e. The lowest BCUT2D eigenvalue weighted by molar-refractivity contribution is 0.0750. The van der Waals surface area contributed by atoms with Gasteiger partial charge in [-0.3, -0.25) is 4.79 Å². The van der Waals surface area contributed by atoms with Crippen molar-refractivity contribution < 1.29 is 4.79 Å². The highest BCUT2D eigenvalue weighted by Gasteiger charge is 2.25. The van der Waals surface area contributed by atoms with Gasteiger partial charge in [-0.2, -0.15) is 0 Å². The first kappa shape index (κ1) is 24.2. The lowest BCUT2D eigenvalue weighted by Gasteiger charge is -2.24. The Kier molecular flexibility index (Phi) is 7.42. The van der Waals surface area contributed by atoms with E-state index in [1.165, 1.54) is 5.56 Å². The number of fused-ring (bicyclic) bond motifs is 1. The second-order valence-electron chi connectivity index (χ2n) is 9.25. The number of hydrogen-bond acceptors (Lipinski definition) is 4. The Morgan fingerprint density at radius 1 is 1.00 bits per heavy atom. The minimum atomic E-state index is 0.0145. The number of aryl methyl sites for hydroxylation is 1. The molecule has 5 nitrogen and oxygen atoms in total. The Balaban J connectivity index is 1.35. The summed E-state index contributed by atoms with van der Waals surface area (Å²) in [5.74, 6) is 0.469. The van der Waals surface area contributed by atoms with Gasteiger partial charge in [0.25, 0.3) is 5.91 Å². The fraction of sp³-hybridized carbons (Fsp3) is 0.233. The molecule has 36 heavy (non-hydrogen) atoms. The number of halogens is 1. The molecular weight excluding hydrogens is 512 g/mol. The molecule has 0 saturated heterocycles. The van der Waals surface area contributed by atoms with Crippen LogP contribution in [0.3, 0.4) is 0 Å². The zero-order valence-corrected chi connectivity index (χ0v) is 21.9. The molecule has 0 saturated carbocycles. The lowest BCUT2D eigenvalue weighted by atomic mass is 9.98. The van der Waals surface area contributed by atoms with Crippen LogP contribution < -0.4 is 5.32 Å². The van der Waals surface area contributed by atoms with Gasteiger partial charge in [0.2, 0.25) is 0 Å². The van der Waals surface area contributed by atoms with Gasteiger partial charge in [-0.1, -0.05) is 65.3 Å². The van der Waals surface area contributed by atoms with Crippen LogP contribution in [0.2, 0.25) is 0 Å². The van der Waals surface area contributed by atoms with Crippen LogP contribution in [0.1, 0.15) is 46.4 Å². The van der Waals surface area contributed by atoms with Crippen LogP contribution in [0, 0.1) is 0 Å². The average molecular weight is 541 g/mol. The molecular formula is C30H29BrN4O. The van der Waals surface area contributed by atoms with Crippen molar-refractivity contribution in [2.24, 2.45) is 0 Å². The minimum absolute atomic E-state index is 0.0145. The average Bonchev–Trinajstić information content (AvgIpc) is 3.30. The van der Waals surface area contributed by atoms with E-state index in [0.29, 0.717) is 31.1 Å². The number of para-hydroxylation sites is 1. The molecule has 0 spiro atoms. The number of carbonyl (C=O) groups excluding carboxylic acids is 1. The van der Waals surface area contributed by atoms with Crippen LogP contribution in [-0.2, 0) is 13.0 Å². The van der Waals surface area contributed by atoms with Gasteiger partial charge >= 0.3 is 0 Å². The third-order valence-corrected chi connectivity index (χ3v) is 7.27. The summed E-state index contributed by atoms with van der Waals surface area (Å²) < 4.78 is 1.02. The third kappa shape index (κ3) is 5.49. The number of anilines is 1. The molecule has 0 fully saturated rings. The van der Waals surface area contributed by atoms with E-state index < -0.39 is 0 Å². The highest BCUT2D eigenvalue weighted by Crippen LogP contribution is 2.37. The Bertz CT molecular complexity index is 1320. The van der Waals surface area contributed by atoms with Gasteiger partial charge in [-0.15, -0.1) is 0 Å². The summed E-state index contributed by atoms with van der Waals surface area (Å²) in [7, 11) is 0. The zero-order chi connectivity index (χ0) is 24.9. The number of nitrogens with zero attached hydrogens (tertiary/aromatic N) is 3. The second-order valence-corrected chi connectivity index (χ2v) is 10.2. The molecule has 0 radical (unpaired) electrons. The van der Waals surface area contributed by atoms with E-state index in [1.807, 2.05) is 71.6 Å². The van der Waals surface area contributed by atoms with Crippen molar-refractivity contribution in [3.63, 3.8) is 0 Å². The van der Waals surface area contributed by atoms with Crippen molar-refractivity contribution in [3.8, 4) is 11.3 Å². The van der Waals surface area contributed by atoms with E-state index in [4.69, 9.17) is 0 Å². The molecule has 1 amide bonds. The topological polar surface area (TPSA) is 58.1 Å². The van der Waals surface area contributed by atoms with Crippen LogP contribution in [0.4, 0.5) is 5.69 Å². The van der Waals surface area contributed by atoms with Crippen molar-refractivity contribution in [1.82, 2.24) is 14.9 Å². The maximum absolute atomic E-state index is 13.6. The molecule has 1 N–H and O–H groups in total. The first-order chi connectivity index (χ1) is 17.6. The number of rotatable bonds is 8. The normalized spacial score (nSPS) is 14.3. The smallest absolute Gasteiger partial charge is 0.254 e. The molecule has 182 valence electrons. The molecule has 3 aromatic carbocycles. The first-order valence-electron chi connectivity index (χ1n) is 12.4. The summed E-state index contributed by atoms with van der Waals surface area (Å²) in [5, 5.41) is 3.42. The minimum Gasteiger partial charge on any atom is -0.383 e. The van der Waals surface area contributed by atoms with Crippen molar-refractivity contribution in [2.75, 3.05) is 18.4 Å². The fourth-order valence-corrected chi connectivity index (χ4v) is 5.05. The predicted octanol–water partition coefficient (Wildman–Crippen LogP) is 6.71. The van der Waals surface area contributed by atoms with E-state index in [2.05, 4.69) is 50.3 Å². The second kappa shape index (κ2) is 11.0. The standard InChI is InChI=1S/C30H29BrN4O/c1-21-7-16-27-28(21)29(34-20-33-27)23-10-12-24(13-11-23)30(36)35(19-22-8-14-25(31)15-9-22)18-17-32-26-5-3-2-4-6-26/h2-6,8-15,20-21,32H,7,16-19H2,1H3. The highest BCUT2D eigenvalue weighted by atomic mass is 79.9. The Labute approximate surface area is 220 Å². The molecule has 1 unspecified atom stereocenters. The van der Waals surface area contributed by atoms with E-state index in [-0.39, 0.29) is 5.91 Å². The van der Waals surface area contributed by atoms with E-state index >= 15 is 0 Å². The van der Waals surface area contributed by atoms with E-state index in [1.54, 1.807) is 6.33 Å². The van der Waals surface area contributed by atoms with Crippen LogP contribution in [0.15, 0.2) is 89.7 Å². The van der Waals surface area contributed by atoms with Crippen LogP contribution in [-0.4, -0.2) is 33.9 Å². The molecule has 0 bridgehead atoms. The van der Waals surface area contributed by atoms with Gasteiger partial charge in [0, 0.05) is 52.2 Å². The Morgan fingerprint density at radius 3 is 2.50 bits per heavy atom. The third-order valence-electron chi connectivity index (χ3n) is 6.74. The monoisotopic (exact) mass is 540 g/mol. The SMILES string of the molecule is CC1CCc2ncnc(-c3ccc(C(=O)N(CCNc4ccccc4)Cc4ccc(Br)cc4)cc3)c21.